The van der Waals surface area contributed by atoms with E-state index in [9.17, 15) is 4.79 Å². The van der Waals surface area contributed by atoms with Gasteiger partial charge in [-0.15, -0.1) is 0 Å². The van der Waals surface area contributed by atoms with E-state index in [2.05, 4.69) is 10.3 Å². The Hall–Kier alpha value is -3.35. The fraction of sp³-hybridized carbons (Fsp3) is 0.0870. The summed E-state index contributed by atoms with van der Waals surface area (Å²) in [5, 5.41) is 4.63. The molecule has 6 nitrogen and oxygen atoms in total. The summed E-state index contributed by atoms with van der Waals surface area (Å²) in [4.78, 5) is 15.8. The van der Waals surface area contributed by atoms with Crippen molar-refractivity contribution in [1.29, 1.82) is 0 Å². The average Bonchev–Trinajstić information content (AvgIpc) is 3.16. The van der Waals surface area contributed by atoms with E-state index in [0.717, 1.165) is 22.2 Å². The third-order valence-electron chi connectivity index (χ3n) is 4.70. The standard InChI is InChI=1S/C23H19Cl2N3O3/c1-30-16-3-4-18-19(12-27-21(18)10-16)23(29)28-11-13-2-5-20(25)22(6-13)31-17-8-14(24)7-15(26)9-17/h2-10,12,27H,11,26H2,1H3,(H,28,29). The van der Waals surface area contributed by atoms with Gasteiger partial charge in [-0.25, -0.2) is 0 Å². The normalized spacial score (nSPS) is 10.8. The number of hydrogen-bond acceptors (Lipinski definition) is 4. The van der Waals surface area contributed by atoms with Crippen LogP contribution in [0, 0.1) is 0 Å². The number of nitrogen functional groups attached to an aromatic ring is 1. The lowest BCUT2D eigenvalue weighted by atomic mass is 10.1. The second-order valence-corrected chi connectivity index (χ2v) is 7.73. The Labute approximate surface area is 188 Å². The number of amides is 1. The van der Waals surface area contributed by atoms with Crippen molar-refractivity contribution in [3.8, 4) is 17.2 Å². The smallest absolute Gasteiger partial charge is 0.253 e. The van der Waals surface area contributed by atoms with E-state index in [4.69, 9.17) is 38.4 Å². The summed E-state index contributed by atoms with van der Waals surface area (Å²) in [7, 11) is 1.60. The van der Waals surface area contributed by atoms with Crippen molar-refractivity contribution in [3.05, 3.63) is 82.0 Å². The molecular weight excluding hydrogens is 437 g/mol. The summed E-state index contributed by atoms with van der Waals surface area (Å²) in [6, 6.07) is 15.7. The Balaban J connectivity index is 1.48. The van der Waals surface area contributed by atoms with Gasteiger partial charge in [0, 0.05) is 46.5 Å². The first-order valence-corrected chi connectivity index (χ1v) is 10.1. The highest BCUT2D eigenvalue weighted by atomic mass is 35.5. The van der Waals surface area contributed by atoms with Gasteiger partial charge in [-0.05, 0) is 42.0 Å². The fourth-order valence-electron chi connectivity index (χ4n) is 3.20. The monoisotopic (exact) mass is 455 g/mol. The van der Waals surface area contributed by atoms with Crippen molar-refractivity contribution in [2.75, 3.05) is 12.8 Å². The molecule has 0 bridgehead atoms. The zero-order valence-corrected chi connectivity index (χ0v) is 18.1. The number of aromatic nitrogens is 1. The molecule has 4 aromatic rings. The molecule has 1 aromatic heterocycles. The van der Waals surface area contributed by atoms with E-state index in [-0.39, 0.29) is 5.91 Å². The van der Waals surface area contributed by atoms with Crippen LogP contribution in [-0.4, -0.2) is 18.0 Å². The third kappa shape index (κ3) is 4.71. The number of carbonyl (C=O) groups excluding carboxylic acids is 1. The zero-order valence-electron chi connectivity index (χ0n) is 16.5. The van der Waals surface area contributed by atoms with Crippen molar-refractivity contribution in [2.24, 2.45) is 0 Å². The maximum Gasteiger partial charge on any atom is 0.253 e. The molecule has 0 aliphatic carbocycles. The number of anilines is 1. The van der Waals surface area contributed by atoms with Crippen molar-refractivity contribution >= 4 is 45.7 Å². The van der Waals surface area contributed by atoms with Crippen LogP contribution in [0.15, 0.2) is 60.8 Å². The van der Waals surface area contributed by atoms with Crippen LogP contribution in [-0.2, 0) is 6.54 Å². The van der Waals surface area contributed by atoms with Crippen LogP contribution >= 0.6 is 23.2 Å². The van der Waals surface area contributed by atoms with Gasteiger partial charge in [0.2, 0.25) is 0 Å². The molecule has 8 heteroatoms. The molecule has 0 saturated heterocycles. The lowest BCUT2D eigenvalue weighted by Crippen LogP contribution is -2.22. The van der Waals surface area contributed by atoms with Gasteiger partial charge in [0.1, 0.15) is 17.2 Å². The van der Waals surface area contributed by atoms with Crippen LogP contribution in [0.1, 0.15) is 15.9 Å². The number of halogens is 2. The van der Waals surface area contributed by atoms with Crippen molar-refractivity contribution in [2.45, 2.75) is 6.54 Å². The summed E-state index contributed by atoms with van der Waals surface area (Å²) < 4.78 is 11.1. The van der Waals surface area contributed by atoms with Gasteiger partial charge in [-0.2, -0.15) is 0 Å². The average molecular weight is 456 g/mol. The molecule has 0 aliphatic rings. The second kappa shape index (κ2) is 8.79. The number of hydrogen-bond donors (Lipinski definition) is 3. The van der Waals surface area contributed by atoms with Gasteiger partial charge in [-0.3, -0.25) is 4.79 Å². The molecule has 1 heterocycles. The summed E-state index contributed by atoms with van der Waals surface area (Å²) in [6.45, 7) is 0.298. The Bertz CT molecular complexity index is 1250. The summed E-state index contributed by atoms with van der Waals surface area (Å²) in [5.41, 5.74) is 8.50. The molecule has 31 heavy (non-hydrogen) atoms. The lowest BCUT2D eigenvalue weighted by molar-refractivity contribution is 0.0952. The first-order valence-electron chi connectivity index (χ1n) is 9.38. The highest BCUT2D eigenvalue weighted by Crippen LogP contribution is 2.33. The molecule has 0 unspecified atom stereocenters. The number of H-pyrrole nitrogens is 1. The van der Waals surface area contributed by atoms with Crippen molar-refractivity contribution < 1.29 is 14.3 Å². The Kier molecular flexibility index (Phi) is 5.93. The predicted molar refractivity (Wildman–Crippen MR) is 123 cm³/mol. The van der Waals surface area contributed by atoms with Crippen LogP contribution in [0.4, 0.5) is 5.69 Å². The van der Waals surface area contributed by atoms with Crippen molar-refractivity contribution in [3.63, 3.8) is 0 Å². The number of carbonyl (C=O) groups is 1. The SMILES string of the molecule is COc1ccc2c(C(=O)NCc3ccc(Cl)c(Oc4cc(N)cc(Cl)c4)c3)c[nH]c2c1. The minimum Gasteiger partial charge on any atom is -0.497 e. The molecule has 4 N–H and O–H groups in total. The fourth-order valence-corrected chi connectivity index (χ4v) is 3.59. The van der Waals surface area contributed by atoms with E-state index in [1.165, 1.54) is 0 Å². The highest BCUT2D eigenvalue weighted by molar-refractivity contribution is 6.32. The van der Waals surface area contributed by atoms with Crippen molar-refractivity contribution in [1.82, 2.24) is 10.3 Å². The molecule has 0 atom stereocenters. The lowest BCUT2D eigenvalue weighted by Gasteiger charge is -2.11. The molecule has 1 amide bonds. The number of nitrogens with one attached hydrogen (secondary N) is 2. The number of nitrogens with two attached hydrogens (primary N) is 1. The van der Waals surface area contributed by atoms with E-state index in [1.54, 1.807) is 43.6 Å². The quantitative estimate of drug-likeness (QED) is 0.321. The zero-order chi connectivity index (χ0) is 22.0. The van der Waals surface area contributed by atoms with Gasteiger partial charge in [0.25, 0.3) is 5.91 Å². The van der Waals surface area contributed by atoms with Gasteiger partial charge >= 0.3 is 0 Å². The van der Waals surface area contributed by atoms with E-state index < -0.39 is 0 Å². The van der Waals surface area contributed by atoms with Gasteiger partial charge in [0.05, 0.1) is 17.7 Å². The number of aromatic amines is 1. The first kappa shape index (κ1) is 20.9. The number of fused-ring (bicyclic) bond motifs is 1. The Morgan fingerprint density at radius 3 is 2.68 bits per heavy atom. The second-order valence-electron chi connectivity index (χ2n) is 6.88. The van der Waals surface area contributed by atoms with Gasteiger partial charge in [0.15, 0.2) is 0 Å². The number of benzene rings is 3. The molecule has 0 saturated carbocycles. The van der Waals surface area contributed by atoms with Crippen LogP contribution in [0.5, 0.6) is 17.2 Å². The topological polar surface area (TPSA) is 89.4 Å². The van der Waals surface area contributed by atoms with Crippen LogP contribution in [0.3, 0.4) is 0 Å². The molecule has 0 radical (unpaired) electrons. The van der Waals surface area contributed by atoms with E-state index in [1.807, 2.05) is 24.3 Å². The minimum absolute atomic E-state index is 0.198. The Morgan fingerprint density at radius 2 is 1.90 bits per heavy atom. The van der Waals surface area contributed by atoms with Crippen LogP contribution in [0.25, 0.3) is 10.9 Å². The van der Waals surface area contributed by atoms with E-state index >= 15 is 0 Å². The van der Waals surface area contributed by atoms with Gasteiger partial charge < -0.3 is 25.5 Å². The largest absolute Gasteiger partial charge is 0.497 e. The number of rotatable bonds is 6. The molecule has 0 spiro atoms. The number of methoxy groups -OCH3 is 1. The molecular formula is C23H19Cl2N3O3. The predicted octanol–water partition coefficient (Wildman–Crippen LogP) is 5.79. The molecule has 0 aliphatic heterocycles. The summed E-state index contributed by atoms with van der Waals surface area (Å²) in [5.74, 6) is 1.43. The van der Waals surface area contributed by atoms with Crippen LogP contribution < -0.4 is 20.5 Å². The number of ether oxygens (including phenoxy) is 2. The highest BCUT2D eigenvalue weighted by Gasteiger charge is 2.13. The molecule has 3 aromatic carbocycles. The summed E-state index contributed by atoms with van der Waals surface area (Å²) >= 11 is 12.3. The van der Waals surface area contributed by atoms with Gasteiger partial charge in [-0.1, -0.05) is 29.3 Å². The first-order chi connectivity index (χ1) is 14.9. The van der Waals surface area contributed by atoms with E-state index in [0.29, 0.717) is 39.3 Å². The molecule has 158 valence electrons. The molecule has 4 rings (SSSR count). The van der Waals surface area contributed by atoms with Crippen LogP contribution in [0.2, 0.25) is 10.0 Å². The molecule has 0 fully saturated rings. The maximum atomic E-state index is 12.7. The minimum atomic E-state index is -0.198. The third-order valence-corrected chi connectivity index (χ3v) is 5.23. The Morgan fingerprint density at radius 1 is 1.06 bits per heavy atom. The summed E-state index contributed by atoms with van der Waals surface area (Å²) in [6.07, 6.45) is 1.68. The maximum absolute atomic E-state index is 12.7.